The van der Waals surface area contributed by atoms with Crippen LogP contribution < -0.4 is 10.3 Å². The summed E-state index contributed by atoms with van der Waals surface area (Å²) in [5, 5.41) is 0.531. The van der Waals surface area contributed by atoms with Crippen LogP contribution in [0.4, 0.5) is 0 Å². The molecule has 0 N–H and O–H groups in total. The van der Waals surface area contributed by atoms with Gasteiger partial charge in [0, 0.05) is 6.54 Å². The maximum absolute atomic E-state index is 12.5. The van der Waals surface area contributed by atoms with Crippen LogP contribution in [0.2, 0.25) is 0 Å². The molecule has 0 bridgehead atoms. The van der Waals surface area contributed by atoms with Crippen LogP contribution in [0.5, 0.6) is 5.75 Å². The van der Waals surface area contributed by atoms with Crippen LogP contribution in [0.3, 0.4) is 0 Å². The SMILES string of the molecule is CC#CCOc1ccc([C@@H](C)OC(=O)CCn2cnc3ccccc3c2=O)cc1. The standard InChI is InChI=1S/C23H22N2O4/c1-3-4-15-28-19-11-9-18(10-12-19)17(2)29-22(26)13-14-25-16-24-21-8-6-5-7-20(21)23(25)27/h5-12,16-17H,13-15H2,1-2H3/t17-/m1/s1. The zero-order valence-corrected chi connectivity index (χ0v) is 16.4. The van der Waals surface area contributed by atoms with Gasteiger partial charge in [0.25, 0.3) is 5.56 Å². The lowest BCUT2D eigenvalue weighted by Gasteiger charge is -2.14. The second kappa shape index (κ2) is 9.56. The zero-order valence-electron chi connectivity index (χ0n) is 16.4. The van der Waals surface area contributed by atoms with Crippen LogP contribution in [-0.4, -0.2) is 22.1 Å². The van der Waals surface area contributed by atoms with Crippen molar-refractivity contribution in [2.45, 2.75) is 32.9 Å². The van der Waals surface area contributed by atoms with E-state index in [1.54, 1.807) is 32.0 Å². The lowest BCUT2D eigenvalue weighted by atomic mass is 10.1. The topological polar surface area (TPSA) is 70.4 Å². The number of aryl methyl sites for hydroxylation is 1. The molecule has 3 aromatic rings. The van der Waals surface area contributed by atoms with E-state index in [1.807, 2.05) is 30.3 Å². The molecule has 29 heavy (non-hydrogen) atoms. The number of hydrogen-bond acceptors (Lipinski definition) is 5. The number of carbonyl (C=O) groups is 1. The Morgan fingerprint density at radius 3 is 2.69 bits per heavy atom. The Morgan fingerprint density at radius 2 is 1.93 bits per heavy atom. The summed E-state index contributed by atoms with van der Waals surface area (Å²) in [6.07, 6.45) is 1.14. The molecule has 0 aliphatic carbocycles. The van der Waals surface area contributed by atoms with Crippen LogP contribution in [0.25, 0.3) is 10.9 Å². The molecular weight excluding hydrogens is 368 g/mol. The number of ether oxygens (including phenoxy) is 2. The third-order valence-electron chi connectivity index (χ3n) is 4.43. The summed E-state index contributed by atoms with van der Waals surface area (Å²) >= 11 is 0. The lowest BCUT2D eigenvalue weighted by molar-refractivity contribution is -0.148. The molecule has 3 rings (SSSR count). The van der Waals surface area contributed by atoms with E-state index in [0.717, 1.165) is 5.56 Å². The predicted molar refractivity (Wildman–Crippen MR) is 111 cm³/mol. The van der Waals surface area contributed by atoms with E-state index in [-0.39, 0.29) is 24.5 Å². The zero-order chi connectivity index (χ0) is 20.6. The Kier molecular flexibility index (Phi) is 6.64. The van der Waals surface area contributed by atoms with Gasteiger partial charge in [-0.2, -0.15) is 0 Å². The largest absolute Gasteiger partial charge is 0.481 e. The van der Waals surface area contributed by atoms with Gasteiger partial charge in [0.15, 0.2) is 0 Å². The van der Waals surface area contributed by atoms with Crippen molar-refractivity contribution in [2.24, 2.45) is 0 Å². The first-order chi connectivity index (χ1) is 14.1. The third kappa shape index (κ3) is 5.23. The monoisotopic (exact) mass is 390 g/mol. The summed E-state index contributed by atoms with van der Waals surface area (Å²) in [7, 11) is 0. The number of para-hydroxylation sites is 1. The smallest absolute Gasteiger partial charge is 0.308 e. The van der Waals surface area contributed by atoms with Gasteiger partial charge in [0.1, 0.15) is 18.5 Å². The highest BCUT2D eigenvalue weighted by Crippen LogP contribution is 2.21. The fraction of sp³-hybridized carbons (Fsp3) is 0.261. The van der Waals surface area contributed by atoms with E-state index >= 15 is 0 Å². The van der Waals surface area contributed by atoms with Gasteiger partial charge < -0.3 is 9.47 Å². The molecule has 148 valence electrons. The molecule has 0 amide bonds. The Hall–Kier alpha value is -3.59. The van der Waals surface area contributed by atoms with Gasteiger partial charge in [-0.05, 0) is 43.7 Å². The maximum Gasteiger partial charge on any atom is 0.308 e. The number of nitrogens with zero attached hydrogens (tertiary/aromatic N) is 2. The molecule has 1 aromatic heterocycles. The third-order valence-corrected chi connectivity index (χ3v) is 4.43. The summed E-state index contributed by atoms with van der Waals surface area (Å²) in [5.74, 6) is 5.93. The van der Waals surface area contributed by atoms with Crippen molar-refractivity contribution in [2.75, 3.05) is 6.61 Å². The first-order valence-electron chi connectivity index (χ1n) is 9.34. The molecule has 0 radical (unpaired) electrons. The molecule has 0 aliphatic rings. The van der Waals surface area contributed by atoms with E-state index in [9.17, 15) is 9.59 Å². The van der Waals surface area contributed by atoms with E-state index in [4.69, 9.17) is 9.47 Å². The summed E-state index contributed by atoms with van der Waals surface area (Å²) in [4.78, 5) is 28.9. The van der Waals surface area contributed by atoms with Crippen molar-refractivity contribution in [3.8, 4) is 17.6 Å². The average Bonchev–Trinajstić information content (AvgIpc) is 2.74. The quantitative estimate of drug-likeness (QED) is 0.456. The molecule has 0 saturated carbocycles. The molecule has 6 heteroatoms. The Morgan fingerprint density at radius 1 is 1.17 bits per heavy atom. The highest BCUT2D eigenvalue weighted by Gasteiger charge is 2.13. The normalized spacial score (nSPS) is 11.4. The molecule has 2 aromatic carbocycles. The van der Waals surface area contributed by atoms with E-state index in [1.165, 1.54) is 10.9 Å². The summed E-state index contributed by atoms with van der Waals surface area (Å²) in [6.45, 7) is 4.12. The number of rotatable bonds is 7. The van der Waals surface area contributed by atoms with Gasteiger partial charge in [0.05, 0.1) is 23.7 Å². The molecule has 1 atom stereocenters. The first-order valence-corrected chi connectivity index (χ1v) is 9.34. The number of aromatic nitrogens is 2. The minimum absolute atomic E-state index is 0.0845. The van der Waals surface area contributed by atoms with Crippen molar-refractivity contribution < 1.29 is 14.3 Å². The fourth-order valence-electron chi connectivity index (χ4n) is 2.83. The van der Waals surface area contributed by atoms with Gasteiger partial charge in [-0.1, -0.05) is 30.2 Å². The first kappa shape index (κ1) is 20.2. The van der Waals surface area contributed by atoms with Crippen LogP contribution >= 0.6 is 0 Å². The second-order valence-electron chi connectivity index (χ2n) is 6.43. The molecule has 0 saturated heterocycles. The Bertz CT molecular complexity index is 1110. The summed E-state index contributed by atoms with van der Waals surface area (Å²) in [6, 6.07) is 14.5. The Balaban J connectivity index is 1.55. The highest BCUT2D eigenvalue weighted by atomic mass is 16.5. The van der Waals surface area contributed by atoms with Crippen molar-refractivity contribution in [1.82, 2.24) is 9.55 Å². The summed E-state index contributed by atoms with van der Waals surface area (Å²) in [5.41, 5.74) is 1.33. The van der Waals surface area contributed by atoms with Crippen molar-refractivity contribution in [3.63, 3.8) is 0 Å². The van der Waals surface area contributed by atoms with Crippen LogP contribution in [0.1, 0.15) is 31.9 Å². The lowest BCUT2D eigenvalue weighted by Crippen LogP contribution is -2.22. The van der Waals surface area contributed by atoms with Crippen LogP contribution in [0, 0.1) is 11.8 Å². The van der Waals surface area contributed by atoms with Gasteiger partial charge >= 0.3 is 5.97 Å². The number of benzene rings is 2. The van der Waals surface area contributed by atoms with Gasteiger partial charge in [0.2, 0.25) is 0 Å². The molecular formula is C23H22N2O4. The van der Waals surface area contributed by atoms with Crippen LogP contribution in [-0.2, 0) is 16.1 Å². The number of hydrogen-bond donors (Lipinski definition) is 0. The minimum Gasteiger partial charge on any atom is -0.481 e. The molecule has 1 heterocycles. The molecule has 0 spiro atoms. The fourth-order valence-corrected chi connectivity index (χ4v) is 2.83. The predicted octanol–water partition coefficient (Wildman–Crippen LogP) is 3.49. The number of fused-ring (bicyclic) bond motifs is 1. The minimum atomic E-state index is -0.404. The molecule has 0 fully saturated rings. The van der Waals surface area contributed by atoms with Crippen molar-refractivity contribution in [3.05, 3.63) is 70.8 Å². The molecule has 6 nitrogen and oxygen atoms in total. The molecule has 0 aliphatic heterocycles. The van der Waals surface area contributed by atoms with Crippen LogP contribution in [0.15, 0.2) is 59.7 Å². The van der Waals surface area contributed by atoms with E-state index in [2.05, 4.69) is 16.8 Å². The van der Waals surface area contributed by atoms with E-state index < -0.39 is 6.10 Å². The highest BCUT2D eigenvalue weighted by molar-refractivity contribution is 5.77. The molecule has 0 unspecified atom stereocenters. The van der Waals surface area contributed by atoms with Crippen molar-refractivity contribution in [1.29, 1.82) is 0 Å². The van der Waals surface area contributed by atoms with Gasteiger partial charge in [-0.25, -0.2) is 4.98 Å². The van der Waals surface area contributed by atoms with E-state index in [0.29, 0.717) is 23.3 Å². The second-order valence-corrected chi connectivity index (χ2v) is 6.43. The van der Waals surface area contributed by atoms with Crippen molar-refractivity contribution >= 4 is 16.9 Å². The number of esters is 1. The maximum atomic E-state index is 12.5. The average molecular weight is 390 g/mol. The van der Waals surface area contributed by atoms with Gasteiger partial charge in [-0.15, -0.1) is 5.92 Å². The number of carbonyl (C=O) groups excluding carboxylic acids is 1. The Labute approximate surface area is 169 Å². The summed E-state index contributed by atoms with van der Waals surface area (Å²) < 4.78 is 12.4. The van der Waals surface area contributed by atoms with Gasteiger partial charge in [-0.3, -0.25) is 14.2 Å².